The van der Waals surface area contributed by atoms with Crippen molar-refractivity contribution in [1.82, 2.24) is 10.6 Å². The van der Waals surface area contributed by atoms with Crippen LogP contribution in [0, 0.1) is 0 Å². The number of hydrogen-bond acceptors (Lipinski definition) is 5. The van der Waals surface area contributed by atoms with Crippen molar-refractivity contribution in [3.63, 3.8) is 0 Å². The molecular formula is C19H31N3O3S. The molecule has 26 heavy (non-hydrogen) atoms. The predicted octanol–water partition coefficient (Wildman–Crippen LogP) is 3.05. The van der Waals surface area contributed by atoms with Crippen LogP contribution in [0.1, 0.15) is 31.7 Å². The number of nitrogens with one attached hydrogen (secondary N) is 2. The number of thioether (sulfide) groups is 1. The molecule has 1 aromatic carbocycles. The van der Waals surface area contributed by atoms with Gasteiger partial charge in [-0.1, -0.05) is 0 Å². The van der Waals surface area contributed by atoms with Crippen LogP contribution >= 0.6 is 11.8 Å². The van der Waals surface area contributed by atoms with Crippen molar-refractivity contribution >= 4 is 17.7 Å². The van der Waals surface area contributed by atoms with E-state index in [1.807, 2.05) is 23.9 Å². The third-order valence-electron chi connectivity index (χ3n) is 4.60. The fraction of sp³-hybridized carbons (Fsp3) is 0.632. The Balaban J connectivity index is 2.13. The van der Waals surface area contributed by atoms with E-state index < -0.39 is 0 Å². The summed E-state index contributed by atoms with van der Waals surface area (Å²) in [7, 11) is 4.90. The Morgan fingerprint density at radius 1 is 1.12 bits per heavy atom. The van der Waals surface area contributed by atoms with Gasteiger partial charge in [-0.05, 0) is 38.5 Å². The van der Waals surface area contributed by atoms with Gasteiger partial charge in [0.1, 0.15) is 5.75 Å². The van der Waals surface area contributed by atoms with Crippen molar-refractivity contribution in [3.8, 4) is 17.2 Å². The third kappa shape index (κ3) is 5.37. The number of rotatable bonds is 8. The lowest BCUT2D eigenvalue weighted by molar-refractivity contribution is 0.347. The first-order valence-electron chi connectivity index (χ1n) is 9.01. The Morgan fingerprint density at radius 2 is 1.81 bits per heavy atom. The Morgan fingerprint density at radius 3 is 2.38 bits per heavy atom. The molecule has 1 saturated carbocycles. The highest BCUT2D eigenvalue weighted by molar-refractivity contribution is 7.99. The largest absolute Gasteiger partial charge is 0.496 e. The minimum Gasteiger partial charge on any atom is -0.496 e. The van der Waals surface area contributed by atoms with E-state index in [-0.39, 0.29) is 0 Å². The number of guanidine groups is 1. The van der Waals surface area contributed by atoms with Crippen LogP contribution in [0.2, 0.25) is 0 Å². The number of benzene rings is 1. The lowest BCUT2D eigenvalue weighted by atomic mass is 10.1. The molecule has 0 heterocycles. The number of nitrogens with zero attached hydrogens (tertiary/aromatic N) is 1. The number of hydrogen-bond donors (Lipinski definition) is 2. The Kier molecular flexibility index (Phi) is 8.22. The van der Waals surface area contributed by atoms with Crippen molar-refractivity contribution in [1.29, 1.82) is 0 Å². The molecule has 0 bridgehead atoms. The summed E-state index contributed by atoms with van der Waals surface area (Å²) < 4.78 is 16.2. The smallest absolute Gasteiger partial charge is 0.191 e. The maximum Gasteiger partial charge on any atom is 0.191 e. The summed E-state index contributed by atoms with van der Waals surface area (Å²) in [6.07, 6.45) is 5.83. The highest BCUT2D eigenvalue weighted by atomic mass is 32.2. The van der Waals surface area contributed by atoms with Crippen LogP contribution in [0.3, 0.4) is 0 Å². The van der Waals surface area contributed by atoms with E-state index in [1.54, 1.807) is 21.3 Å². The molecule has 0 aliphatic heterocycles. The molecule has 1 fully saturated rings. The van der Waals surface area contributed by atoms with E-state index >= 15 is 0 Å². The Hall–Kier alpha value is -1.76. The zero-order chi connectivity index (χ0) is 18.9. The van der Waals surface area contributed by atoms with Gasteiger partial charge in [-0.2, -0.15) is 11.8 Å². The molecule has 1 aromatic rings. The number of methoxy groups -OCH3 is 3. The zero-order valence-corrected chi connectivity index (χ0v) is 17.2. The molecule has 0 spiro atoms. The molecule has 1 aliphatic rings. The molecule has 0 aromatic heterocycles. The number of ether oxygens (including phenoxy) is 3. The Labute approximate surface area is 161 Å². The van der Waals surface area contributed by atoms with E-state index in [9.17, 15) is 0 Å². The molecule has 2 unspecified atom stereocenters. The fourth-order valence-corrected chi connectivity index (χ4v) is 3.98. The summed E-state index contributed by atoms with van der Waals surface area (Å²) in [5, 5.41) is 7.66. The minimum atomic E-state index is 0.484. The maximum absolute atomic E-state index is 5.49. The SMILES string of the molecule is CCNC(=NCc1cc(OC)c(OC)cc1OC)NC1CCC(SC)C1. The average molecular weight is 382 g/mol. The standard InChI is InChI=1S/C19H31N3O3S/c1-6-20-19(22-14-7-8-15(10-14)26-5)21-12-13-9-17(24-3)18(25-4)11-16(13)23-2/h9,11,14-15H,6-8,10,12H2,1-5H3,(H2,20,21,22). The fourth-order valence-electron chi connectivity index (χ4n) is 3.18. The molecule has 0 saturated heterocycles. The van der Waals surface area contributed by atoms with E-state index in [1.165, 1.54) is 19.3 Å². The maximum atomic E-state index is 5.49. The first-order chi connectivity index (χ1) is 12.6. The Bertz CT molecular complexity index is 610. The first-order valence-corrected chi connectivity index (χ1v) is 10.3. The van der Waals surface area contributed by atoms with Crippen molar-refractivity contribution < 1.29 is 14.2 Å². The molecule has 1 aliphatic carbocycles. The molecule has 0 amide bonds. The lowest BCUT2D eigenvalue weighted by Gasteiger charge is -2.18. The minimum absolute atomic E-state index is 0.484. The van der Waals surface area contributed by atoms with Gasteiger partial charge in [0.15, 0.2) is 17.5 Å². The molecule has 146 valence electrons. The predicted molar refractivity (Wildman–Crippen MR) is 109 cm³/mol. The normalized spacial score (nSPS) is 20.0. The van der Waals surface area contributed by atoms with Crippen LogP contribution in [0.5, 0.6) is 17.2 Å². The highest BCUT2D eigenvalue weighted by Gasteiger charge is 2.24. The second-order valence-corrected chi connectivity index (χ2v) is 7.36. The first kappa shape index (κ1) is 20.6. The van der Waals surface area contributed by atoms with Gasteiger partial charge in [0.2, 0.25) is 0 Å². The van der Waals surface area contributed by atoms with Gasteiger partial charge >= 0.3 is 0 Å². The van der Waals surface area contributed by atoms with Crippen LogP contribution < -0.4 is 24.8 Å². The molecule has 6 nitrogen and oxygen atoms in total. The van der Waals surface area contributed by atoms with Crippen LogP contribution in [0.25, 0.3) is 0 Å². The topological polar surface area (TPSA) is 64.1 Å². The van der Waals surface area contributed by atoms with E-state index in [4.69, 9.17) is 19.2 Å². The second-order valence-electron chi connectivity index (χ2n) is 6.23. The summed E-state index contributed by atoms with van der Waals surface area (Å²) in [5.74, 6) is 2.91. The summed E-state index contributed by atoms with van der Waals surface area (Å²) in [6, 6.07) is 4.24. The third-order valence-corrected chi connectivity index (χ3v) is 5.69. The average Bonchev–Trinajstić information content (AvgIpc) is 3.13. The van der Waals surface area contributed by atoms with Crippen LogP contribution in [0.15, 0.2) is 17.1 Å². The van der Waals surface area contributed by atoms with Crippen molar-refractivity contribution in [2.75, 3.05) is 34.1 Å². The van der Waals surface area contributed by atoms with Crippen LogP contribution in [-0.2, 0) is 6.54 Å². The van der Waals surface area contributed by atoms with E-state index in [0.29, 0.717) is 24.1 Å². The van der Waals surface area contributed by atoms with Gasteiger partial charge in [0.05, 0.1) is 27.9 Å². The summed E-state index contributed by atoms with van der Waals surface area (Å²) in [5.41, 5.74) is 0.954. The highest BCUT2D eigenvalue weighted by Crippen LogP contribution is 2.35. The van der Waals surface area contributed by atoms with Gasteiger partial charge in [0.25, 0.3) is 0 Å². The molecule has 2 rings (SSSR count). The van der Waals surface area contributed by atoms with Gasteiger partial charge in [-0.15, -0.1) is 0 Å². The quantitative estimate of drug-likeness (QED) is 0.533. The van der Waals surface area contributed by atoms with Crippen molar-refractivity contribution in [2.24, 2.45) is 4.99 Å². The summed E-state index contributed by atoms with van der Waals surface area (Å²) >= 11 is 1.96. The van der Waals surface area contributed by atoms with Crippen LogP contribution in [0.4, 0.5) is 0 Å². The molecule has 2 N–H and O–H groups in total. The molecule has 2 atom stereocenters. The number of aliphatic imine (C=N–C) groups is 1. The zero-order valence-electron chi connectivity index (χ0n) is 16.4. The van der Waals surface area contributed by atoms with Gasteiger partial charge in [-0.3, -0.25) is 0 Å². The van der Waals surface area contributed by atoms with Gasteiger partial charge in [0, 0.05) is 29.5 Å². The van der Waals surface area contributed by atoms with E-state index in [0.717, 1.165) is 29.1 Å². The monoisotopic (exact) mass is 381 g/mol. The van der Waals surface area contributed by atoms with Crippen molar-refractivity contribution in [2.45, 2.75) is 44.0 Å². The molecule has 0 radical (unpaired) electrons. The second kappa shape index (κ2) is 10.4. The summed E-state index contributed by atoms with van der Waals surface area (Å²) in [4.78, 5) is 4.75. The van der Waals surface area contributed by atoms with Crippen molar-refractivity contribution in [3.05, 3.63) is 17.7 Å². The lowest BCUT2D eigenvalue weighted by Crippen LogP contribution is -2.42. The molecule has 7 heteroatoms. The van der Waals surface area contributed by atoms with Gasteiger partial charge < -0.3 is 24.8 Å². The van der Waals surface area contributed by atoms with Crippen LogP contribution in [-0.4, -0.2) is 51.4 Å². The van der Waals surface area contributed by atoms with Gasteiger partial charge in [-0.25, -0.2) is 4.99 Å². The van der Waals surface area contributed by atoms with E-state index in [2.05, 4.69) is 23.8 Å². The molecular weight excluding hydrogens is 350 g/mol. The summed E-state index contributed by atoms with van der Waals surface area (Å²) in [6.45, 7) is 3.40.